The molecule has 76 valence electrons. The van der Waals surface area contributed by atoms with Crippen LogP contribution in [0.4, 0.5) is 0 Å². The molecular formula is C13H18O. The van der Waals surface area contributed by atoms with Crippen LogP contribution in [0.3, 0.4) is 0 Å². The Morgan fingerprint density at radius 2 is 1.79 bits per heavy atom. The summed E-state index contributed by atoms with van der Waals surface area (Å²) in [6.45, 7) is 6.58. The monoisotopic (exact) mass is 190 g/mol. The molecule has 0 saturated heterocycles. The van der Waals surface area contributed by atoms with E-state index in [1.807, 2.05) is 0 Å². The second kappa shape index (κ2) is 3.30. The van der Waals surface area contributed by atoms with E-state index in [4.69, 9.17) is 4.74 Å². The van der Waals surface area contributed by atoms with E-state index in [-0.39, 0.29) is 0 Å². The minimum Gasteiger partial charge on any atom is -0.496 e. The van der Waals surface area contributed by atoms with Gasteiger partial charge < -0.3 is 4.74 Å². The summed E-state index contributed by atoms with van der Waals surface area (Å²) in [5, 5.41) is 0. The molecule has 0 N–H and O–H groups in total. The molecule has 0 aliphatic heterocycles. The van der Waals surface area contributed by atoms with E-state index in [1.54, 1.807) is 12.7 Å². The van der Waals surface area contributed by atoms with Gasteiger partial charge in [0.05, 0.1) is 7.11 Å². The molecule has 1 saturated carbocycles. The van der Waals surface area contributed by atoms with Gasteiger partial charge in [-0.2, -0.15) is 0 Å². The summed E-state index contributed by atoms with van der Waals surface area (Å²) in [5.41, 5.74) is 5.71. The van der Waals surface area contributed by atoms with Gasteiger partial charge >= 0.3 is 0 Å². The Labute approximate surface area is 86.1 Å². The van der Waals surface area contributed by atoms with Crippen molar-refractivity contribution in [3.05, 3.63) is 28.3 Å². The van der Waals surface area contributed by atoms with Crippen LogP contribution in [0.2, 0.25) is 0 Å². The van der Waals surface area contributed by atoms with Crippen molar-refractivity contribution >= 4 is 0 Å². The van der Waals surface area contributed by atoms with Crippen molar-refractivity contribution in [2.75, 3.05) is 7.11 Å². The molecule has 1 fully saturated rings. The van der Waals surface area contributed by atoms with Gasteiger partial charge in [0.15, 0.2) is 0 Å². The topological polar surface area (TPSA) is 9.23 Å². The zero-order valence-corrected chi connectivity index (χ0v) is 9.48. The fraction of sp³-hybridized carbons (Fsp3) is 0.538. The van der Waals surface area contributed by atoms with Crippen LogP contribution in [-0.4, -0.2) is 7.11 Å². The molecule has 1 aromatic carbocycles. The zero-order valence-electron chi connectivity index (χ0n) is 9.48. The summed E-state index contributed by atoms with van der Waals surface area (Å²) in [5.74, 6) is 1.86. The van der Waals surface area contributed by atoms with Crippen LogP contribution < -0.4 is 4.74 Å². The van der Waals surface area contributed by atoms with Crippen LogP contribution in [0.1, 0.15) is 41.0 Å². The lowest BCUT2D eigenvalue weighted by Gasteiger charge is -2.15. The highest BCUT2D eigenvalue weighted by molar-refractivity contribution is 5.50. The van der Waals surface area contributed by atoms with E-state index in [1.165, 1.54) is 29.5 Å². The fourth-order valence-corrected chi connectivity index (χ4v) is 2.24. The van der Waals surface area contributed by atoms with Crippen molar-refractivity contribution in [3.8, 4) is 5.75 Å². The third-order valence-corrected chi connectivity index (χ3v) is 3.32. The quantitative estimate of drug-likeness (QED) is 0.693. The molecule has 0 atom stereocenters. The van der Waals surface area contributed by atoms with Crippen molar-refractivity contribution in [1.29, 1.82) is 0 Å². The molecule has 0 aromatic heterocycles. The Bertz CT molecular complexity index is 362. The lowest BCUT2D eigenvalue weighted by Crippen LogP contribution is -1.98. The Morgan fingerprint density at radius 1 is 1.14 bits per heavy atom. The van der Waals surface area contributed by atoms with Crippen LogP contribution in [0.15, 0.2) is 6.07 Å². The fourth-order valence-electron chi connectivity index (χ4n) is 2.24. The second-order valence-corrected chi connectivity index (χ2v) is 4.33. The summed E-state index contributed by atoms with van der Waals surface area (Å²) < 4.78 is 5.40. The van der Waals surface area contributed by atoms with Gasteiger partial charge in [0, 0.05) is 0 Å². The van der Waals surface area contributed by atoms with Crippen LogP contribution in [0.25, 0.3) is 0 Å². The molecule has 2 rings (SSSR count). The minimum absolute atomic E-state index is 0.809. The van der Waals surface area contributed by atoms with Gasteiger partial charge in [-0.05, 0) is 67.9 Å². The van der Waals surface area contributed by atoms with Gasteiger partial charge in [0.2, 0.25) is 0 Å². The number of benzene rings is 1. The van der Waals surface area contributed by atoms with Gasteiger partial charge in [0.25, 0.3) is 0 Å². The third kappa shape index (κ3) is 1.41. The highest BCUT2D eigenvalue weighted by atomic mass is 16.5. The van der Waals surface area contributed by atoms with Gasteiger partial charge in [-0.15, -0.1) is 0 Å². The maximum absolute atomic E-state index is 5.40. The maximum atomic E-state index is 5.40. The van der Waals surface area contributed by atoms with Gasteiger partial charge in [-0.25, -0.2) is 0 Å². The molecule has 0 radical (unpaired) electrons. The Hall–Kier alpha value is -0.980. The number of ether oxygens (including phenoxy) is 1. The van der Waals surface area contributed by atoms with Crippen molar-refractivity contribution < 1.29 is 4.74 Å². The largest absolute Gasteiger partial charge is 0.496 e. The summed E-state index contributed by atoms with van der Waals surface area (Å²) in [6, 6.07) is 2.15. The van der Waals surface area contributed by atoms with Crippen molar-refractivity contribution in [2.45, 2.75) is 39.5 Å². The van der Waals surface area contributed by atoms with E-state index < -0.39 is 0 Å². The number of rotatable bonds is 2. The standard InChI is InChI=1S/C13H18O/c1-8-7-12(14-4)10(3)13(9(8)2)11-5-6-11/h7,11H,5-6H2,1-4H3. The first-order valence-electron chi connectivity index (χ1n) is 5.29. The SMILES string of the molecule is COc1cc(C)c(C)c(C2CC2)c1C. The molecule has 0 unspecified atom stereocenters. The first-order valence-corrected chi connectivity index (χ1v) is 5.29. The molecule has 1 nitrogen and oxygen atoms in total. The van der Waals surface area contributed by atoms with Crippen molar-refractivity contribution in [3.63, 3.8) is 0 Å². The zero-order chi connectivity index (χ0) is 10.3. The predicted octanol–water partition coefficient (Wildman–Crippen LogP) is 3.50. The first-order chi connectivity index (χ1) is 6.65. The molecule has 1 aliphatic carbocycles. The molecule has 0 bridgehead atoms. The second-order valence-electron chi connectivity index (χ2n) is 4.33. The van der Waals surface area contributed by atoms with Gasteiger partial charge in [-0.3, -0.25) is 0 Å². The van der Waals surface area contributed by atoms with Crippen LogP contribution >= 0.6 is 0 Å². The lowest BCUT2D eigenvalue weighted by molar-refractivity contribution is 0.410. The Kier molecular flexibility index (Phi) is 2.26. The van der Waals surface area contributed by atoms with Gasteiger partial charge in [-0.1, -0.05) is 0 Å². The summed E-state index contributed by atoms with van der Waals surface area (Å²) in [6.07, 6.45) is 2.71. The van der Waals surface area contributed by atoms with Crippen LogP contribution in [0.5, 0.6) is 5.75 Å². The average molecular weight is 190 g/mol. The van der Waals surface area contributed by atoms with E-state index in [0.29, 0.717) is 0 Å². The van der Waals surface area contributed by atoms with Crippen LogP contribution in [-0.2, 0) is 0 Å². The molecule has 0 heterocycles. The van der Waals surface area contributed by atoms with Crippen LogP contribution in [0, 0.1) is 20.8 Å². The summed E-state index contributed by atoms with van der Waals surface area (Å²) >= 11 is 0. The van der Waals surface area contributed by atoms with E-state index in [9.17, 15) is 0 Å². The molecular weight excluding hydrogens is 172 g/mol. The molecule has 1 aliphatic rings. The molecule has 0 spiro atoms. The van der Waals surface area contributed by atoms with Crippen molar-refractivity contribution in [2.24, 2.45) is 0 Å². The minimum atomic E-state index is 0.809. The highest BCUT2D eigenvalue weighted by Crippen LogP contribution is 2.45. The molecule has 1 aromatic rings. The van der Waals surface area contributed by atoms with E-state index in [2.05, 4.69) is 26.8 Å². The summed E-state index contributed by atoms with van der Waals surface area (Å²) in [7, 11) is 1.76. The smallest absolute Gasteiger partial charge is 0.122 e. The number of hydrogen-bond donors (Lipinski definition) is 0. The Balaban J connectivity index is 2.59. The predicted molar refractivity (Wildman–Crippen MR) is 59.2 cm³/mol. The lowest BCUT2D eigenvalue weighted by atomic mass is 9.94. The molecule has 0 amide bonds. The normalized spacial score (nSPS) is 15.7. The third-order valence-electron chi connectivity index (χ3n) is 3.32. The maximum Gasteiger partial charge on any atom is 0.122 e. The summed E-state index contributed by atoms with van der Waals surface area (Å²) in [4.78, 5) is 0. The highest BCUT2D eigenvalue weighted by Gasteiger charge is 2.28. The number of methoxy groups -OCH3 is 1. The number of aryl methyl sites for hydroxylation is 1. The van der Waals surface area contributed by atoms with Crippen molar-refractivity contribution in [1.82, 2.24) is 0 Å². The molecule has 1 heteroatoms. The van der Waals surface area contributed by atoms with E-state index >= 15 is 0 Å². The first kappa shape index (κ1) is 9.57. The number of hydrogen-bond acceptors (Lipinski definition) is 1. The molecule has 14 heavy (non-hydrogen) atoms. The average Bonchev–Trinajstić information content (AvgIpc) is 2.95. The Morgan fingerprint density at radius 3 is 2.29 bits per heavy atom. The van der Waals surface area contributed by atoms with E-state index in [0.717, 1.165) is 11.7 Å². The van der Waals surface area contributed by atoms with Gasteiger partial charge in [0.1, 0.15) is 5.75 Å².